The van der Waals surface area contributed by atoms with Crippen LogP contribution in [0.15, 0.2) is 30.9 Å². The number of hydrogen-bond acceptors (Lipinski definition) is 1. The molecule has 0 bridgehead atoms. The zero-order valence-electron chi connectivity index (χ0n) is 8.05. The predicted molar refractivity (Wildman–Crippen MR) is 69.1 cm³/mol. The normalized spacial score (nSPS) is 12.5. The van der Waals surface area contributed by atoms with Crippen molar-refractivity contribution in [1.29, 1.82) is 0 Å². The van der Waals surface area contributed by atoms with Gasteiger partial charge in [-0.3, -0.25) is 0 Å². The van der Waals surface area contributed by atoms with Crippen LogP contribution in [0, 0.1) is 0 Å². The summed E-state index contributed by atoms with van der Waals surface area (Å²) in [7, 11) is 0. The van der Waals surface area contributed by atoms with Gasteiger partial charge in [0.2, 0.25) is 0 Å². The monoisotopic (exact) mass is 308 g/mol. The Hall–Kier alpha value is -0.0200. The second-order valence-corrected chi connectivity index (χ2v) is 4.36. The maximum absolute atomic E-state index is 6.07. The first-order valence-electron chi connectivity index (χ1n) is 4.43. The average molecular weight is 310 g/mol. The number of ether oxygens (including phenoxy) is 1. The molecule has 0 saturated carbocycles. The molecule has 1 nitrogen and oxygen atoms in total. The van der Waals surface area contributed by atoms with Gasteiger partial charge in [0.15, 0.2) is 0 Å². The lowest BCUT2D eigenvalue weighted by atomic mass is 10.1. The fourth-order valence-electron chi connectivity index (χ4n) is 1.21. The van der Waals surface area contributed by atoms with E-state index < -0.39 is 0 Å². The van der Waals surface area contributed by atoms with Crippen LogP contribution in [0.1, 0.15) is 11.7 Å². The first-order valence-corrected chi connectivity index (χ1v) is 6.30. The fraction of sp³-hybridized carbons (Fsp3) is 0.273. The van der Waals surface area contributed by atoms with Crippen LogP contribution in [0.5, 0.6) is 0 Å². The molecule has 1 unspecified atom stereocenters. The van der Waals surface area contributed by atoms with Crippen molar-refractivity contribution in [2.24, 2.45) is 0 Å². The second-order valence-electron chi connectivity index (χ2n) is 2.90. The van der Waals surface area contributed by atoms with E-state index in [0.717, 1.165) is 5.56 Å². The first-order chi connectivity index (χ1) is 7.20. The molecule has 1 aromatic rings. The van der Waals surface area contributed by atoms with Gasteiger partial charge in [-0.15, -0.1) is 6.58 Å². The van der Waals surface area contributed by atoms with E-state index in [-0.39, 0.29) is 6.10 Å². The van der Waals surface area contributed by atoms with Crippen LogP contribution in [-0.2, 0) is 4.74 Å². The van der Waals surface area contributed by atoms with Crippen molar-refractivity contribution in [2.75, 3.05) is 11.9 Å². The molecule has 0 N–H and O–H groups in total. The van der Waals surface area contributed by atoms with Gasteiger partial charge in [-0.2, -0.15) is 0 Å². The molecule has 0 fully saturated rings. The van der Waals surface area contributed by atoms with Crippen LogP contribution in [0.3, 0.4) is 0 Å². The summed E-state index contributed by atoms with van der Waals surface area (Å²) in [6, 6.07) is 5.42. The predicted octanol–water partition coefficient (Wildman–Crippen LogP) is 4.63. The standard InChI is InChI=1S/C11H11BrCl2O/c1-2-6-15-10(7-12)11-8(13)4-3-5-9(11)14/h2-5,10H,1,6-7H2. The molecular weight excluding hydrogens is 299 g/mol. The van der Waals surface area contributed by atoms with E-state index in [1.807, 2.05) is 6.07 Å². The van der Waals surface area contributed by atoms with Crippen molar-refractivity contribution < 1.29 is 4.74 Å². The highest BCUT2D eigenvalue weighted by atomic mass is 79.9. The summed E-state index contributed by atoms with van der Waals surface area (Å²) in [6.07, 6.45) is 1.55. The maximum Gasteiger partial charge on any atom is 0.0954 e. The Morgan fingerprint density at radius 2 is 2.00 bits per heavy atom. The van der Waals surface area contributed by atoms with Crippen molar-refractivity contribution in [3.8, 4) is 0 Å². The Labute approximate surface area is 108 Å². The third-order valence-electron chi connectivity index (χ3n) is 1.88. The van der Waals surface area contributed by atoms with Crippen LogP contribution >= 0.6 is 39.1 Å². The molecule has 1 atom stereocenters. The quantitative estimate of drug-likeness (QED) is 0.569. The van der Waals surface area contributed by atoms with Gasteiger partial charge in [0.1, 0.15) is 0 Å². The minimum Gasteiger partial charge on any atom is -0.369 e. The summed E-state index contributed by atoms with van der Waals surface area (Å²) in [6.45, 7) is 4.07. The summed E-state index contributed by atoms with van der Waals surface area (Å²) < 4.78 is 5.55. The van der Waals surface area contributed by atoms with E-state index in [0.29, 0.717) is 22.0 Å². The summed E-state index contributed by atoms with van der Waals surface area (Å²) in [5.41, 5.74) is 0.819. The van der Waals surface area contributed by atoms with Gasteiger partial charge < -0.3 is 4.74 Å². The average Bonchev–Trinajstić information content (AvgIpc) is 2.22. The Morgan fingerprint density at radius 1 is 1.40 bits per heavy atom. The molecule has 0 heterocycles. The Balaban J connectivity index is 2.95. The van der Waals surface area contributed by atoms with Crippen LogP contribution < -0.4 is 0 Å². The van der Waals surface area contributed by atoms with Gasteiger partial charge in [-0.05, 0) is 12.1 Å². The highest BCUT2D eigenvalue weighted by Gasteiger charge is 2.16. The zero-order chi connectivity index (χ0) is 11.3. The third-order valence-corrected chi connectivity index (χ3v) is 3.12. The van der Waals surface area contributed by atoms with Gasteiger partial charge in [0, 0.05) is 20.9 Å². The van der Waals surface area contributed by atoms with E-state index in [9.17, 15) is 0 Å². The molecular formula is C11H11BrCl2O. The van der Waals surface area contributed by atoms with E-state index in [2.05, 4.69) is 22.5 Å². The molecule has 1 aromatic carbocycles. The van der Waals surface area contributed by atoms with Crippen molar-refractivity contribution >= 4 is 39.1 Å². The minimum atomic E-state index is -0.149. The molecule has 15 heavy (non-hydrogen) atoms. The second kappa shape index (κ2) is 6.54. The summed E-state index contributed by atoms with van der Waals surface area (Å²) >= 11 is 15.5. The van der Waals surface area contributed by atoms with E-state index in [4.69, 9.17) is 27.9 Å². The lowest BCUT2D eigenvalue weighted by Crippen LogP contribution is -2.07. The van der Waals surface area contributed by atoms with Crippen molar-refractivity contribution in [1.82, 2.24) is 0 Å². The van der Waals surface area contributed by atoms with Crippen molar-refractivity contribution in [3.05, 3.63) is 46.5 Å². The number of benzene rings is 1. The van der Waals surface area contributed by atoms with E-state index in [1.165, 1.54) is 0 Å². The SMILES string of the molecule is C=CCOC(CBr)c1c(Cl)cccc1Cl. The highest BCUT2D eigenvalue weighted by molar-refractivity contribution is 9.09. The number of hydrogen-bond donors (Lipinski definition) is 0. The lowest BCUT2D eigenvalue weighted by Gasteiger charge is -2.17. The first kappa shape index (κ1) is 13.0. The third kappa shape index (κ3) is 3.49. The van der Waals surface area contributed by atoms with Crippen LogP contribution in [0.2, 0.25) is 10.0 Å². The molecule has 0 radical (unpaired) electrons. The molecule has 0 aliphatic rings. The van der Waals surface area contributed by atoms with Crippen molar-refractivity contribution in [3.63, 3.8) is 0 Å². The molecule has 1 rings (SSSR count). The number of alkyl halides is 1. The zero-order valence-corrected chi connectivity index (χ0v) is 11.1. The van der Waals surface area contributed by atoms with E-state index >= 15 is 0 Å². The lowest BCUT2D eigenvalue weighted by molar-refractivity contribution is 0.0934. The molecule has 0 saturated heterocycles. The summed E-state index contributed by atoms with van der Waals surface area (Å²) in [4.78, 5) is 0. The molecule has 0 aliphatic carbocycles. The van der Waals surface area contributed by atoms with Gasteiger partial charge in [0.05, 0.1) is 12.7 Å². The summed E-state index contributed by atoms with van der Waals surface area (Å²) in [5.74, 6) is 0. The minimum absolute atomic E-state index is 0.149. The topological polar surface area (TPSA) is 9.23 Å². The molecule has 0 aliphatic heterocycles. The summed E-state index contributed by atoms with van der Waals surface area (Å²) in [5, 5.41) is 1.89. The highest BCUT2D eigenvalue weighted by Crippen LogP contribution is 2.33. The Bertz CT molecular complexity index is 321. The van der Waals surface area contributed by atoms with Gasteiger partial charge in [0.25, 0.3) is 0 Å². The molecule has 0 aromatic heterocycles. The van der Waals surface area contributed by atoms with Gasteiger partial charge >= 0.3 is 0 Å². The fourth-order valence-corrected chi connectivity index (χ4v) is 2.36. The largest absolute Gasteiger partial charge is 0.369 e. The number of rotatable bonds is 5. The van der Waals surface area contributed by atoms with Gasteiger partial charge in [-0.1, -0.05) is 51.3 Å². The molecule has 0 spiro atoms. The molecule has 4 heteroatoms. The van der Waals surface area contributed by atoms with Crippen LogP contribution in [-0.4, -0.2) is 11.9 Å². The molecule has 0 amide bonds. The van der Waals surface area contributed by atoms with Gasteiger partial charge in [-0.25, -0.2) is 0 Å². The van der Waals surface area contributed by atoms with Crippen LogP contribution in [0.4, 0.5) is 0 Å². The van der Waals surface area contributed by atoms with E-state index in [1.54, 1.807) is 18.2 Å². The Morgan fingerprint density at radius 3 is 2.47 bits per heavy atom. The van der Waals surface area contributed by atoms with Crippen LogP contribution in [0.25, 0.3) is 0 Å². The number of halogens is 3. The maximum atomic E-state index is 6.07. The smallest absolute Gasteiger partial charge is 0.0954 e. The molecule has 82 valence electrons. The van der Waals surface area contributed by atoms with Crippen molar-refractivity contribution in [2.45, 2.75) is 6.10 Å². The Kier molecular flexibility index (Phi) is 5.69.